The van der Waals surface area contributed by atoms with Crippen molar-refractivity contribution >= 4 is 24.2 Å². The SMILES string of the molecule is COC(=O)C(CCC(N)=O)NC(=O)CNC=O. The molecule has 8 heteroatoms. The molecular weight excluding hydrogens is 230 g/mol. The summed E-state index contributed by atoms with van der Waals surface area (Å²) in [4.78, 5) is 43.0. The fourth-order valence-electron chi connectivity index (χ4n) is 1.06. The van der Waals surface area contributed by atoms with Gasteiger partial charge < -0.3 is 21.1 Å². The minimum absolute atomic E-state index is 0.0504. The van der Waals surface area contributed by atoms with E-state index in [1.165, 1.54) is 0 Å². The number of hydrogen-bond acceptors (Lipinski definition) is 5. The maximum absolute atomic E-state index is 11.3. The van der Waals surface area contributed by atoms with Gasteiger partial charge in [-0.15, -0.1) is 0 Å². The van der Waals surface area contributed by atoms with Crippen LogP contribution < -0.4 is 16.4 Å². The number of nitrogens with one attached hydrogen (secondary N) is 2. The second kappa shape index (κ2) is 8.08. The third-order valence-corrected chi connectivity index (χ3v) is 1.85. The molecule has 8 nitrogen and oxygen atoms in total. The topological polar surface area (TPSA) is 128 Å². The molecule has 0 aliphatic carbocycles. The van der Waals surface area contributed by atoms with Crippen LogP contribution in [0.15, 0.2) is 0 Å². The van der Waals surface area contributed by atoms with Gasteiger partial charge in [0.1, 0.15) is 6.04 Å². The van der Waals surface area contributed by atoms with Crippen molar-refractivity contribution in [3.8, 4) is 0 Å². The van der Waals surface area contributed by atoms with Crippen LogP contribution in [0, 0.1) is 0 Å². The van der Waals surface area contributed by atoms with Gasteiger partial charge in [0.05, 0.1) is 13.7 Å². The first-order valence-corrected chi connectivity index (χ1v) is 4.83. The molecule has 0 saturated heterocycles. The number of amides is 3. The van der Waals surface area contributed by atoms with E-state index in [1.54, 1.807) is 0 Å². The molecule has 0 radical (unpaired) electrons. The molecule has 0 rings (SSSR count). The lowest BCUT2D eigenvalue weighted by Crippen LogP contribution is -2.45. The molecule has 0 aliphatic heterocycles. The zero-order valence-electron chi connectivity index (χ0n) is 9.39. The lowest BCUT2D eigenvalue weighted by atomic mass is 10.1. The Morgan fingerprint density at radius 3 is 2.53 bits per heavy atom. The molecule has 0 heterocycles. The molecule has 96 valence electrons. The number of rotatable bonds is 8. The summed E-state index contributed by atoms with van der Waals surface area (Å²) >= 11 is 0. The van der Waals surface area contributed by atoms with E-state index in [1.807, 2.05) is 0 Å². The second-order valence-corrected chi connectivity index (χ2v) is 3.15. The zero-order valence-corrected chi connectivity index (χ0v) is 9.39. The standard InChI is InChI=1S/C9H15N3O5/c1-17-9(16)6(2-3-7(10)14)12-8(15)4-11-5-13/h5-6H,2-4H2,1H3,(H2,10,14)(H,11,13)(H,12,15). The van der Waals surface area contributed by atoms with Gasteiger partial charge in [0.15, 0.2) is 0 Å². The average molecular weight is 245 g/mol. The van der Waals surface area contributed by atoms with E-state index in [0.29, 0.717) is 6.41 Å². The van der Waals surface area contributed by atoms with E-state index in [9.17, 15) is 19.2 Å². The first-order valence-electron chi connectivity index (χ1n) is 4.83. The fraction of sp³-hybridized carbons (Fsp3) is 0.556. The van der Waals surface area contributed by atoms with Crippen LogP contribution in [0.4, 0.5) is 0 Å². The highest BCUT2D eigenvalue weighted by atomic mass is 16.5. The highest BCUT2D eigenvalue weighted by Gasteiger charge is 2.21. The monoisotopic (exact) mass is 245 g/mol. The first-order chi connectivity index (χ1) is 8.01. The van der Waals surface area contributed by atoms with Gasteiger partial charge in [-0.1, -0.05) is 0 Å². The Labute approximate surface area is 97.9 Å². The molecule has 3 amide bonds. The Kier molecular flexibility index (Phi) is 7.07. The van der Waals surface area contributed by atoms with Gasteiger partial charge in [-0.25, -0.2) is 4.79 Å². The number of carbonyl (C=O) groups is 4. The number of methoxy groups -OCH3 is 1. The molecule has 0 aromatic carbocycles. The highest BCUT2D eigenvalue weighted by molar-refractivity contribution is 5.86. The maximum Gasteiger partial charge on any atom is 0.328 e. The smallest absolute Gasteiger partial charge is 0.328 e. The lowest BCUT2D eigenvalue weighted by Gasteiger charge is -2.15. The molecule has 0 aromatic rings. The van der Waals surface area contributed by atoms with Crippen LogP contribution in [-0.2, 0) is 23.9 Å². The number of nitrogens with two attached hydrogens (primary N) is 1. The van der Waals surface area contributed by atoms with E-state index < -0.39 is 23.8 Å². The molecule has 17 heavy (non-hydrogen) atoms. The van der Waals surface area contributed by atoms with Crippen molar-refractivity contribution in [2.75, 3.05) is 13.7 Å². The zero-order chi connectivity index (χ0) is 13.3. The average Bonchev–Trinajstić information content (AvgIpc) is 2.30. The Bertz CT molecular complexity index is 305. The van der Waals surface area contributed by atoms with E-state index in [0.717, 1.165) is 7.11 Å². The summed E-state index contributed by atoms with van der Waals surface area (Å²) in [5.74, 6) is -1.82. The predicted octanol–water partition coefficient (Wildman–Crippen LogP) is -2.34. The van der Waals surface area contributed by atoms with Gasteiger partial charge >= 0.3 is 5.97 Å². The normalized spacial score (nSPS) is 11.1. The Morgan fingerprint density at radius 2 is 2.06 bits per heavy atom. The quantitative estimate of drug-likeness (QED) is 0.326. The van der Waals surface area contributed by atoms with Crippen LogP contribution in [0.25, 0.3) is 0 Å². The summed E-state index contributed by atoms with van der Waals surface area (Å²) in [6.07, 6.45) is 0.353. The molecule has 0 aromatic heterocycles. The third kappa shape index (κ3) is 6.88. The minimum Gasteiger partial charge on any atom is -0.467 e. The largest absolute Gasteiger partial charge is 0.467 e. The summed E-state index contributed by atoms with van der Waals surface area (Å²) in [6, 6.07) is -0.951. The molecular formula is C9H15N3O5. The van der Waals surface area contributed by atoms with Crippen molar-refractivity contribution in [1.29, 1.82) is 0 Å². The number of ether oxygens (including phenoxy) is 1. The molecule has 0 bridgehead atoms. The Hall–Kier alpha value is -2.12. The van der Waals surface area contributed by atoms with Crippen LogP contribution >= 0.6 is 0 Å². The number of primary amides is 1. The molecule has 0 spiro atoms. The lowest BCUT2D eigenvalue weighted by molar-refractivity contribution is -0.145. The minimum atomic E-state index is -0.951. The number of hydrogen-bond donors (Lipinski definition) is 3. The number of esters is 1. The van der Waals surface area contributed by atoms with Crippen molar-refractivity contribution in [2.24, 2.45) is 5.73 Å². The van der Waals surface area contributed by atoms with Crippen LogP contribution in [0.2, 0.25) is 0 Å². The van der Waals surface area contributed by atoms with Crippen molar-refractivity contribution < 1.29 is 23.9 Å². The summed E-state index contributed by atoms with van der Waals surface area (Å²) < 4.78 is 4.45. The van der Waals surface area contributed by atoms with Gasteiger partial charge in [-0.3, -0.25) is 14.4 Å². The van der Waals surface area contributed by atoms with Gasteiger partial charge in [0, 0.05) is 6.42 Å². The van der Waals surface area contributed by atoms with E-state index >= 15 is 0 Å². The molecule has 4 N–H and O–H groups in total. The van der Waals surface area contributed by atoms with Gasteiger partial charge in [-0.05, 0) is 6.42 Å². The molecule has 0 fully saturated rings. The van der Waals surface area contributed by atoms with Crippen molar-refractivity contribution in [2.45, 2.75) is 18.9 Å². The molecule has 1 atom stereocenters. The van der Waals surface area contributed by atoms with Crippen LogP contribution in [0.5, 0.6) is 0 Å². The van der Waals surface area contributed by atoms with Crippen LogP contribution in [-0.4, -0.2) is 43.9 Å². The Morgan fingerprint density at radius 1 is 1.41 bits per heavy atom. The highest BCUT2D eigenvalue weighted by Crippen LogP contribution is 1.99. The maximum atomic E-state index is 11.3. The molecule has 0 aliphatic rings. The third-order valence-electron chi connectivity index (χ3n) is 1.85. The molecule has 0 saturated carbocycles. The van der Waals surface area contributed by atoms with Gasteiger partial charge in [0.2, 0.25) is 18.2 Å². The van der Waals surface area contributed by atoms with Gasteiger partial charge in [-0.2, -0.15) is 0 Å². The van der Waals surface area contributed by atoms with Gasteiger partial charge in [0.25, 0.3) is 0 Å². The number of carbonyl (C=O) groups excluding carboxylic acids is 4. The second-order valence-electron chi connectivity index (χ2n) is 3.15. The van der Waals surface area contributed by atoms with Crippen molar-refractivity contribution in [3.05, 3.63) is 0 Å². The Balaban J connectivity index is 4.27. The van der Waals surface area contributed by atoms with E-state index in [2.05, 4.69) is 15.4 Å². The van der Waals surface area contributed by atoms with E-state index in [4.69, 9.17) is 5.73 Å². The molecule has 1 unspecified atom stereocenters. The van der Waals surface area contributed by atoms with Crippen molar-refractivity contribution in [3.63, 3.8) is 0 Å². The van der Waals surface area contributed by atoms with E-state index in [-0.39, 0.29) is 19.4 Å². The first kappa shape index (κ1) is 14.9. The summed E-state index contributed by atoms with van der Waals surface area (Å²) in [6.45, 7) is -0.256. The van der Waals surface area contributed by atoms with Crippen LogP contribution in [0.1, 0.15) is 12.8 Å². The summed E-state index contributed by atoms with van der Waals surface area (Å²) in [5, 5.41) is 4.45. The summed E-state index contributed by atoms with van der Waals surface area (Å²) in [7, 11) is 1.16. The summed E-state index contributed by atoms with van der Waals surface area (Å²) in [5.41, 5.74) is 4.93. The van der Waals surface area contributed by atoms with Crippen LogP contribution in [0.3, 0.4) is 0 Å². The van der Waals surface area contributed by atoms with Crippen molar-refractivity contribution in [1.82, 2.24) is 10.6 Å². The fourth-order valence-corrected chi connectivity index (χ4v) is 1.06. The predicted molar refractivity (Wildman–Crippen MR) is 56.4 cm³/mol.